The molecule has 2 aromatic rings. The molecule has 1 atom stereocenters. The van der Waals surface area contributed by atoms with E-state index in [0.29, 0.717) is 18.8 Å². The van der Waals surface area contributed by atoms with Crippen molar-refractivity contribution in [2.24, 2.45) is 0 Å². The van der Waals surface area contributed by atoms with Crippen molar-refractivity contribution >= 4 is 17.5 Å². The maximum atomic E-state index is 12.3. The first-order chi connectivity index (χ1) is 12.7. The van der Waals surface area contributed by atoms with Gasteiger partial charge in [-0.3, -0.25) is 19.5 Å². The number of hydrogen-bond donors (Lipinski definition) is 2. The molecule has 1 aromatic heterocycles. The van der Waals surface area contributed by atoms with Crippen LogP contribution in [0.2, 0.25) is 0 Å². The Hall–Kier alpha value is -2.77. The van der Waals surface area contributed by atoms with Crippen molar-refractivity contribution in [1.82, 2.24) is 15.2 Å². The highest BCUT2D eigenvalue weighted by molar-refractivity contribution is 5.95. The van der Waals surface area contributed by atoms with Crippen molar-refractivity contribution in [2.45, 2.75) is 12.6 Å². The summed E-state index contributed by atoms with van der Waals surface area (Å²) in [4.78, 5) is 30.3. The van der Waals surface area contributed by atoms with Crippen molar-refractivity contribution in [3.05, 3.63) is 60.4 Å². The number of nitrogens with one attached hydrogen (secondary N) is 2. The van der Waals surface area contributed by atoms with Gasteiger partial charge in [0.2, 0.25) is 5.91 Å². The topological polar surface area (TPSA) is 83.6 Å². The third kappa shape index (κ3) is 5.37. The Morgan fingerprint density at radius 1 is 1.19 bits per heavy atom. The minimum absolute atomic E-state index is 0.105. The predicted octanol–water partition coefficient (Wildman–Crippen LogP) is 1.04. The number of ether oxygens (including phenoxy) is 1. The average Bonchev–Trinajstić information content (AvgIpc) is 2.68. The Bertz CT molecular complexity index is 724. The second-order valence-corrected chi connectivity index (χ2v) is 6.09. The maximum Gasteiger partial charge on any atom is 0.250 e. The first kappa shape index (κ1) is 18.0. The lowest BCUT2D eigenvalue weighted by Gasteiger charge is -2.32. The van der Waals surface area contributed by atoms with Gasteiger partial charge < -0.3 is 15.4 Å². The van der Waals surface area contributed by atoms with Gasteiger partial charge in [0.25, 0.3) is 5.91 Å². The summed E-state index contributed by atoms with van der Waals surface area (Å²) in [5.41, 5.74) is 1.79. The van der Waals surface area contributed by atoms with Gasteiger partial charge in [0.05, 0.1) is 25.0 Å². The van der Waals surface area contributed by atoms with Crippen LogP contribution in [0.15, 0.2) is 54.9 Å². The number of morpholine rings is 1. The van der Waals surface area contributed by atoms with Crippen LogP contribution in [0, 0.1) is 0 Å². The van der Waals surface area contributed by atoms with Crippen molar-refractivity contribution in [1.29, 1.82) is 0 Å². The molecular formula is C19H22N4O3. The zero-order valence-electron chi connectivity index (χ0n) is 14.4. The molecule has 7 nitrogen and oxygen atoms in total. The zero-order valence-corrected chi connectivity index (χ0v) is 14.4. The summed E-state index contributed by atoms with van der Waals surface area (Å²) in [7, 11) is 0. The summed E-state index contributed by atoms with van der Waals surface area (Å²) in [6, 6.07) is 13.6. The van der Waals surface area contributed by atoms with E-state index >= 15 is 0 Å². The van der Waals surface area contributed by atoms with Crippen LogP contribution in [0.5, 0.6) is 0 Å². The number of carbonyl (C=O) groups is 2. The van der Waals surface area contributed by atoms with E-state index in [1.165, 1.54) is 5.56 Å². The third-order valence-electron chi connectivity index (χ3n) is 4.06. The molecule has 2 amide bonds. The van der Waals surface area contributed by atoms with Crippen LogP contribution in [0.1, 0.15) is 5.56 Å². The standard InChI is InChI=1S/C19H22N4O3/c24-18(22-16-7-4-8-20-11-16)12-21-19(25)17-14-23(9-10-26-17)13-15-5-2-1-3-6-15/h1-8,11,17H,9-10,12-14H2,(H,21,25)(H,22,24). The molecule has 7 heteroatoms. The molecule has 0 bridgehead atoms. The number of pyridine rings is 1. The first-order valence-electron chi connectivity index (χ1n) is 8.56. The van der Waals surface area contributed by atoms with Gasteiger partial charge in [0, 0.05) is 25.8 Å². The lowest BCUT2D eigenvalue weighted by Crippen LogP contribution is -2.50. The van der Waals surface area contributed by atoms with E-state index in [-0.39, 0.29) is 18.4 Å². The second kappa shape index (κ2) is 9.07. The van der Waals surface area contributed by atoms with E-state index in [2.05, 4.69) is 32.7 Å². The molecule has 1 aliphatic heterocycles. The lowest BCUT2D eigenvalue weighted by atomic mass is 10.2. The number of nitrogens with zero attached hydrogens (tertiary/aromatic N) is 2. The molecule has 1 aromatic carbocycles. The fourth-order valence-electron chi connectivity index (χ4n) is 2.77. The fraction of sp³-hybridized carbons (Fsp3) is 0.316. The van der Waals surface area contributed by atoms with Crippen molar-refractivity contribution in [3.63, 3.8) is 0 Å². The monoisotopic (exact) mass is 354 g/mol. The number of hydrogen-bond acceptors (Lipinski definition) is 5. The molecule has 0 radical (unpaired) electrons. The highest BCUT2D eigenvalue weighted by Gasteiger charge is 2.26. The predicted molar refractivity (Wildman–Crippen MR) is 97.3 cm³/mol. The van der Waals surface area contributed by atoms with Crippen molar-refractivity contribution < 1.29 is 14.3 Å². The largest absolute Gasteiger partial charge is 0.366 e. The summed E-state index contributed by atoms with van der Waals surface area (Å²) < 4.78 is 5.56. The Morgan fingerprint density at radius 2 is 2.04 bits per heavy atom. The summed E-state index contributed by atoms with van der Waals surface area (Å²) in [6.07, 6.45) is 2.60. The average molecular weight is 354 g/mol. The van der Waals surface area contributed by atoms with Gasteiger partial charge in [-0.05, 0) is 17.7 Å². The van der Waals surface area contributed by atoms with Gasteiger partial charge in [-0.1, -0.05) is 30.3 Å². The van der Waals surface area contributed by atoms with E-state index < -0.39 is 6.10 Å². The van der Waals surface area contributed by atoms with Gasteiger partial charge in [-0.15, -0.1) is 0 Å². The van der Waals surface area contributed by atoms with Crippen LogP contribution in [0.4, 0.5) is 5.69 Å². The number of amides is 2. The van der Waals surface area contributed by atoms with Crippen LogP contribution < -0.4 is 10.6 Å². The molecule has 0 aliphatic carbocycles. The van der Waals surface area contributed by atoms with Crippen LogP contribution >= 0.6 is 0 Å². The highest BCUT2D eigenvalue weighted by atomic mass is 16.5. The minimum Gasteiger partial charge on any atom is -0.366 e. The summed E-state index contributed by atoms with van der Waals surface area (Å²) in [5, 5.41) is 5.31. The van der Waals surface area contributed by atoms with E-state index in [4.69, 9.17) is 4.74 Å². The van der Waals surface area contributed by atoms with E-state index in [9.17, 15) is 9.59 Å². The molecule has 26 heavy (non-hydrogen) atoms. The molecule has 2 heterocycles. The molecule has 1 saturated heterocycles. The van der Waals surface area contributed by atoms with Gasteiger partial charge in [-0.2, -0.15) is 0 Å². The quantitative estimate of drug-likeness (QED) is 0.810. The molecular weight excluding hydrogens is 332 g/mol. The summed E-state index contributed by atoms with van der Waals surface area (Å²) in [6.45, 7) is 2.44. The van der Waals surface area contributed by atoms with Gasteiger partial charge in [0.1, 0.15) is 6.10 Å². The van der Waals surface area contributed by atoms with Crippen LogP contribution in [0.3, 0.4) is 0 Å². The molecule has 0 spiro atoms. The number of benzene rings is 1. The van der Waals surface area contributed by atoms with Gasteiger partial charge in [0.15, 0.2) is 0 Å². The van der Waals surface area contributed by atoms with E-state index in [0.717, 1.165) is 13.1 Å². The Kier molecular flexibility index (Phi) is 6.29. The number of carbonyl (C=O) groups excluding carboxylic acids is 2. The molecule has 1 fully saturated rings. The first-order valence-corrected chi connectivity index (χ1v) is 8.56. The molecule has 3 rings (SSSR count). The number of rotatable bonds is 6. The Labute approximate surface area is 152 Å². The summed E-state index contributed by atoms with van der Waals surface area (Å²) >= 11 is 0. The highest BCUT2D eigenvalue weighted by Crippen LogP contribution is 2.10. The molecule has 136 valence electrons. The van der Waals surface area contributed by atoms with E-state index in [1.807, 2.05) is 18.2 Å². The van der Waals surface area contributed by atoms with Crippen LogP contribution in [-0.2, 0) is 20.9 Å². The fourth-order valence-corrected chi connectivity index (χ4v) is 2.77. The molecule has 2 N–H and O–H groups in total. The SMILES string of the molecule is O=C(CNC(=O)C1CN(Cc2ccccc2)CCO1)Nc1cccnc1. The molecule has 1 aliphatic rings. The van der Waals surface area contributed by atoms with Crippen molar-refractivity contribution in [2.75, 3.05) is 31.6 Å². The number of aromatic nitrogens is 1. The summed E-state index contributed by atoms with van der Waals surface area (Å²) in [5.74, 6) is -0.576. The molecule has 0 saturated carbocycles. The normalized spacial score (nSPS) is 17.5. The minimum atomic E-state index is -0.571. The Balaban J connectivity index is 1.44. The zero-order chi connectivity index (χ0) is 18.2. The third-order valence-corrected chi connectivity index (χ3v) is 4.06. The number of anilines is 1. The van der Waals surface area contributed by atoms with Crippen LogP contribution in [0.25, 0.3) is 0 Å². The van der Waals surface area contributed by atoms with Crippen molar-refractivity contribution in [3.8, 4) is 0 Å². The Morgan fingerprint density at radius 3 is 2.81 bits per heavy atom. The smallest absolute Gasteiger partial charge is 0.250 e. The molecule has 1 unspecified atom stereocenters. The maximum absolute atomic E-state index is 12.3. The van der Waals surface area contributed by atoms with Gasteiger partial charge in [-0.25, -0.2) is 0 Å². The second-order valence-electron chi connectivity index (χ2n) is 6.09. The lowest BCUT2D eigenvalue weighted by molar-refractivity contribution is -0.139. The van der Waals surface area contributed by atoms with E-state index in [1.54, 1.807) is 24.5 Å². The van der Waals surface area contributed by atoms with Crippen LogP contribution in [-0.4, -0.2) is 54.0 Å². The van der Waals surface area contributed by atoms with Gasteiger partial charge >= 0.3 is 0 Å².